The minimum Gasteiger partial charge on any atom is -0.348 e. The molecule has 2 amide bonds. The molecule has 2 aliphatic heterocycles. The van der Waals surface area contributed by atoms with Crippen LogP contribution in [0.1, 0.15) is 6.92 Å². The summed E-state index contributed by atoms with van der Waals surface area (Å²) in [5.41, 5.74) is 0.780. The highest BCUT2D eigenvalue weighted by Gasteiger charge is 2.26. The molecule has 0 spiro atoms. The molecule has 112 valence electrons. The first kappa shape index (κ1) is 14.2. The lowest BCUT2D eigenvalue weighted by molar-refractivity contribution is 0.182. The second-order valence-electron chi connectivity index (χ2n) is 5.19. The predicted octanol–water partition coefficient (Wildman–Crippen LogP) is 1.72. The first-order valence-electron chi connectivity index (χ1n) is 7.14. The summed E-state index contributed by atoms with van der Waals surface area (Å²) in [6, 6.07) is 3.54. The number of aromatic nitrogens is 1. The molecule has 1 fully saturated rings. The zero-order valence-electron chi connectivity index (χ0n) is 12.0. The van der Waals surface area contributed by atoms with Crippen LogP contribution in [0, 0.1) is 0 Å². The van der Waals surface area contributed by atoms with Gasteiger partial charge in [0.25, 0.3) is 0 Å². The van der Waals surface area contributed by atoms with Gasteiger partial charge in [-0.3, -0.25) is 9.98 Å². The molecule has 2 aliphatic rings. The fourth-order valence-electron chi connectivity index (χ4n) is 2.37. The number of amides is 2. The van der Waals surface area contributed by atoms with Crippen molar-refractivity contribution in [3.63, 3.8) is 0 Å². The Morgan fingerprint density at radius 2 is 2.00 bits per heavy atom. The van der Waals surface area contributed by atoms with E-state index >= 15 is 0 Å². The molecular formula is C14H19N5OS. The molecule has 1 atom stereocenters. The Bertz CT molecular complexity index is 527. The summed E-state index contributed by atoms with van der Waals surface area (Å²) in [7, 11) is 0. The minimum absolute atomic E-state index is 0.0461. The van der Waals surface area contributed by atoms with E-state index in [4.69, 9.17) is 0 Å². The van der Waals surface area contributed by atoms with E-state index in [-0.39, 0.29) is 6.03 Å². The number of carbonyl (C=O) groups is 1. The normalized spacial score (nSPS) is 22.1. The largest absolute Gasteiger partial charge is 0.348 e. The number of nitrogens with one attached hydrogen (secondary N) is 1. The molecule has 0 radical (unpaired) electrons. The second-order valence-corrected chi connectivity index (χ2v) is 6.60. The Morgan fingerprint density at radius 3 is 2.62 bits per heavy atom. The number of pyridine rings is 1. The van der Waals surface area contributed by atoms with Crippen molar-refractivity contribution in [1.29, 1.82) is 0 Å². The van der Waals surface area contributed by atoms with Gasteiger partial charge in [-0.1, -0.05) is 18.7 Å². The fourth-order valence-corrected chi connectivity index (χ4v) is 3.36. The molecule has 6 nitrogen and oxygen atoms in total. The van der Waals surface area contributed by atoms with E-state index < -0.39 is 0 Å². The first-order valence-corrected chi connectivity index (χ1v) is 8.02. The molecule has 0 aliphatic carbocycles. The van der Waals surface area contributed by atoms with Crippen molar-refractivity contribution in [3.8, 4) is 0 Å². The number of aliphatic imine (C=N–C) groups is 1. The summed E-state index contributed by atoms with van der Waals surface area (Å²) < 4.78 is 0. The number of carbonyl (C=O) groups excluding carboxylic acids is 1. The third-order valence-electron chi connectivity index (χ3n) is 3.56. The number of hydrogen-bond donors (Lipinski definition) is 1. The van der Waals surface area contributed by atoms with Crippen LogP contribution in [0.15, 0.2) is 29.5 Å². The van der Waals surface area contributed by atoms with Crippen molar-refractivity contribution < 1.29 is 4.79 Å². The molecule has 0 aromatic carbocycles. The lowest BCUT2D eigenvalue weighted by atomic mass is 10.3. The van der Waals surface area contributed by atoms with Crippen LogP contribution in [0.4, 0.5) is 10.5 Å². The topological polar surface area (TPSA) is 60.8 Å². The van der Waals surface area contributed by atoms with Crippen molar-refractivity contribution in [2.75, 3.05) is 38.0 Å². The summed E-state index contributed by atoms with van der Waals surface area (Å²) in [4.78, 5) is 24.8. The van der Waals surface area contributed by atoms with Gasteiger partial charge in [0.2, 0.25) is 0 Å². The molecule has 0 unspecified atom stereocenters. The first-order chi connectivity index (χ1) is 10.2. The van der Waals surface area contributed by atoms with Crippen LogP contribution in [0.3, 0.4) is 0 Å². The van der Waals surface area contributed by atoms with E-state index in [1.165, 1.54) is 0 Å². The molecule has 0 bridgehead atoms. The number of anilines is 1. The Balaban J connectivity index is 1.50. The van der Waals surface area contributed by atoms with Gasteiger partial charge in [0.15, 0.2) is 5.17 Å². The van der Waals surface area contributed by atoms with E-state index in [9.17, 15) is 4.79 Å². The highest BCUT2D eigenvalue weighted by Crippen LogP contribution is 2.23. The van der Waals surface area contributed by atoms with Gasteiger partial charge in [-0.15, -0.1) is 0 Å². The number of amidine groups is 1. The SMILES string of the molecule is C[C@H]1CN=C(N2CCN(C(=O)Nc3ccncc3)CC2)S1. The van der Waals surface area contributed by atoms with Gasteiger partial charge in [0.1, 0.15) is 0 Å². The highest BCUT2D eigenvalue weighted by molar-refractivity contribution is 8.14. The summed E-state index contributed by atoms with van der Waals surface area (Å²) in [5.74, 6) is 0. The lowest BCUT2D eigenvalue weighted by Gasteiger charge is -2.35. The summed E-state index contributed by atoms with van der Waals surface area (Å²) in [5, 5.41) is 4.61. The Labute approximate surface area is 128 Å². The number of hydrogen-bond acceptors (Lipinski definition) is 5. The lowest BCUT2D eigenvalue weighted by Crippen LogP contribution is -2.51. The van der Waals surface area contributed by atoms with Crippen molar-refractivity contribution in [3.05, 3.63) is 24.5 Å². The fraction of sp³-hybridized carbons (Fsp3) is 0.500. The maximum Gasteiger partial charge on any atom is 0.321 e. The maximum atomic E-state index is 12.2. The van der Waals surface area contributed by atoms with Crippen LogP contribution in [-0.4, -0.2) is 64.0 Å². The summed E-state index contributed by atoms with van der Waals surface area (Å²) >= 11 is 1.83. The molecule has 3 rings (SSSR count). The van der Waals surface area contributed by atoms with Crippen molar-refractivity contribution in [1.82, 2.24) is 14.8 Å². The average Bonchev–Trinajstić information content (AvgIpc) is 2.95. The molecular weight excluding hydrogens is 286 g/mol. The zero-order valence-corrected chi connectivity index (χ0v) is 12.8. The van der Waals surface area contributed by atoms with E-state index in [1.807, 2.05) is 16.7 Å². The minimum atomic E-state index is -0.0461. The molecule has 0 saturated carbocycles. The van der Waals surface area contributed by atoms with Gasteiger partial charge >= 0.3 is 6.03 Å². The number of thioether (sulfide) groups is 1. The third kappa shape index (κ3) is 3.47. The van der Waals surface area contributed by atoms with Gasteiger partial charge in [-0.2, -0.15) is 0 Å². The average molecular weight is 305 g/mol. The maximum absolute atomic E-state index is 12.2. The molecule has 1 aromatic heterocycles. The smallest absolute Gasteiger partial charge is 0.321 e. The van der Waals surface area contributed by atoms with Crippen molar-refractivity contribution >= 4 is 28.6 Å². The van der Waals surface area contributed by atoms with Gasteiger partial charge in [0, 0.05) is 49.5 Å². The van der Waals surface area contributed by atoms with Gasteiger partial charge in [-0.25, -0.2) is 4.79 Å². The Hall–Kier alpha value is -1.76. The molecule has 7 heteroatoms. The zero-order chi connectivity index (χ0) is 14.7. The Morgan fingerprint density at radius 1 is 1.29 bits per heavy atom. The second kappa shape index (κ2) is 6.34. The summed E-state index contributed by atoms with van der Waals surface area (Å²) in [6.45, 7) is 6.25. The van der Waals surface area contributed by atoms with Crippen molar-refractivity contribution in [2.24, 2.45) is 4.99 Å². The molecule has 1 N–H and O–H groups in total. The monoisotopic (exact) mass is 305 g/mol. The van der Waals surface area contributed by atoms with E-state index in [0.717, 1.165) is 43.6 Å². The van der Waals surface area contributed by atoms with Gasteiger partial charge in [0.05, 0.1) is 6.54 Å². The highest BCUT2D eigenvalue weighted by atomic mass is 32.2. The number of urea groups is 1. The van der Waals surface area contributed by atoms with E-state index in [0.29, 0.717) is 5.25 Å². The predicted molar refractivity (Wildman–Crippen MR) is 85.8 cm³/mol. The summed E-state index contributed by atoms with van der Waals surface area (Å²) in [6.07, 6.45) is 3.34. The van der Waals surface area contributed by atoms with Crippen LogP contribution in [-0.2, 0) is 0 Å². The number of piperazine rings is 1. The van der Waals surface area contributed by atoms with Crippen LogP contribution >= 0.6 is 11.8 Å². The van der Waals surface area contributed by atoms with Crippen LogP contribution in [0.25, 0.3) is 0 Å². The van der Waals surface area contributed by atoms with Crippen LogP contribution < -0.4 is 5.32 Å². The van der Waals surface area contributed by atoms with Crippen LogP contribution in [0.5, 0.6) is 0 Å². The van der Waals surface area contributed by atoms with E-state index in [2.05, 4.69) is 27.1 Å². The van der Waals surface area contributed by atoms with Crippen LogP contribution in [0.2, 0.25) is 0 Å². The van der Waals surface area contributed by atoms with E-state index in [1.54, 1.807) is 24.5 Å². The van der Waals surface area contributed by atoms with Gasteiger partial charge < -0.3 is 15.1 Å². The van der Waals surface area contributed by atoms with Crippen molar-refractivity contribution in [2.45, 2.75) is 12.2 Å². The third-order valence-corrected chi connectivity index (χ3v) is 4.71. The number of rotatable bonds is 1. The number of nitrogens with zero attached hydrogens (tertiary/aromatic N) is 4. The quantitative estimate of drug-likeness (QED) is 0.858. The molecule has 1 aromatic rings. The van der Waals surface area contributed by atoms with Gasteiger partial charge in [-0.05, 0) is 12.1 Å². The Kier molecular flexibility index (Phi) is 4.28. The molecule has 1 saturated heterocycles. The molecule has 3 heterocycles. The standard InChI is InChI=1S/C14H19N5OS/c1-11-10-16-14(21-11)19-8-6-18(7-9-19)13(20)17-12-2-4-15-5-3-12/h2-5,11H,6-10H2,1H3,(H,15,17,20)/t11-/m0/s1. The molecule has 21 heavy (non-hydrogen) atoms.